The summed E-state index contributed by atoms with van der Waals surface area (Å²) in [4.78, 5) is 4.37. The zero-order chi connectivity index (χ0) is 13.5. The van der Waals surface area contributed by atoms with Crippen LogP contribution >= 0.6 is 11.3 Å². The molecule has 0 bridgehead atoms. The fraction of sp³-hybridized carbons (Fsp3) is 0.500. The summed E-state index contributed by atoms with van der Waals surface area (Å²) in [5.74, 6) is 0.745. The second kappa shape index (κ2) is 4.72. The molecule has 2 aromatic rings. The van der Waals surface area contributed by atoms with Gasteiger partial charge in [-0.15, -0.1) is 11.3 Å². The van der Waals surface area contributed by atoms with Crippen molar-refractivity contribution in [1.29, 1.82) is 0 Å². The third-order valence-corrected chi connectivity index (χ3v) is 5.67. The molecule has 1 aliphatic carbocycles. The lowest BCUT2D eigenvalue weighted by Crippen LogP contribution is -2.10. The second-order valence-corrected chi connectivity index (χ2v) is 7.98. The van der Waals surface area contributed by atoms with E-state index in [0.717, 1.165) is 23.5 Å². The third-order valence-electron chi connectivity index (χ3n) is 3.04. The third kappa shape index (κ3) is 3.22. The Hall–Kier alpha value is -1.21. The first kappa shape index (κ1) is 12.8. The van der Waals surface area contributed by atoms with Crippen LogP contribution in [0.2, 0.25) is 0 Å². The Balaban J connectivity index is 1.74. The highest BCUT2D eigenvalue weighted by Crippen LogP contribution is 2.31. The van der Waals surface area contributed by atoms with Gasteiger partial charge in [0.25, 0.3) is 0 Å². The van der Waals surface area contributed by atoms with Crippen LogP contribution in [0.3, 0.4) is 0 Å². The highest BCUT2D eigenvalue weighted by atomic mass is 32.2. The smallest absolute Gasteiger partial charge is 0.156 e. The van der Waals surface area contributed by atoms with Gasteiger partial charge in [-0.25, -0.2) is 13.4 Å². The van der Waals surface area contributed by atoms with Crippen molar-refractivity contribution < 1.29 is 8.42 Å². The van der Waals surface area contributed by atoms with Crippen LogP contribution in [-0.4, -0.2) is 28.9 Å². The SMILES string of the molecule is Cn1ccc(-c2nc(CS(=O)(=O)CC3CC3)cs2)n1. The summed E-state index contributed by atoms with van der Waals surface area (Å²) in [5, 5.41) is 6.85. The van der Waals surface area contributed by atoms with Gasteiger partial charge in [-0.1, -0.05) is 0 Å². The molecule has 2 aromatic heterocycles. The first-order chi connectivity index (χ1) is 9.02. The van der Waals surface area contributed by atoms with Crippen molar-refractivity contribution in [2.45, 2.75) is 18.6 Å². The second-order valence-electron chi connectivity index (χ2n) is 5.02. The Kier molecular flexibility index (Phi) is 3.18. The van der Waals surface area contributed by atoms with Gasteiger partial charge in [-0.2, -0.15) is 5.10 Å². The van der Waals surface area contributed by atoms with E-state index in [9.17, 15) is 8.42 Å². The van der Waals surface area contributed by atoms with Crippen LogP contribution in [0.5, 0.6) is 0 Å². The number of aromatic nitrogens is 3. The molecule has 0 radical (unpaired) electrons. The summed E-state index contributed by atoms with van der Waals surface area (Å²) in [6, 6.07) is 1.88. The fourth-order valence-electron chi connectivity index (χ4n) is 1.95. The largest absolute Gasteiger partial charge is 0.275 e. The van der Waals surface area contributed by atoms with Gasteiger partial charge < -0.3 is 0 Å². The van der Waals surface area contributed by atoms with E-state index in [2.05, 4.69) is 10.1 Å². The molecule has 19 heavy (non-hydrogen) atoms. The number of aryl methyl sites for hydroxylation is 1. The molecule has 0 aromatic carbocycles. The number of hydrogen-bond donors (Lipinski definition) is 0. The van der Waals surface area contributed by atoms with Gasteiger partial charge in [-0.3, -0.25) is 4.68 Å². The van der Waals surface area contributed by atoms with E-state index in [0.29, 0.717) is 17.4 Å². The number of rotatable bonds is 5. The molecule has 1 saturated carbocycles. The zero-order valence-electron chi connectivity index (χ0n) is 10.6. The normalized spacial score (nSPS) is 15.8. The van der Waals surface area contributed by atoms with Crippen LogP contribution in [-0.2, 0) is 22.6 Å². The molecule has 0 unspecified atom stereocenters. The van der Waals surface area contributed by atoms with Crippen LogP contribution in [0.1, 0.15) is 18.5 Å². The van der Waals surface area contributed by atoms with Gasteiger partial charge in [0, 0.05) is 18.6 Å². The lowest BCUT2D eigenvalue weighted by molar-refractivity contribution is 0.591. The van der Waals surface area contributed by atoms with Gasteiger partial charge in [-0.05, 0) is 24.8 Å². The number of nitrogens with zero attached hydrogens (tertiary/aromatic N) is 3. The molecule has 0 N–H and O–H groups in total. The summed E-state index contributed by atoms with van der Waals surface area (Å²) in [6.45, 7) is 0. The molecule has 5 nitrogen and oxygen atoms in total. The first-order valence-electron chi connectivity index (χ1n) is 6.17. The average Bonchev–Trinajstić information content (AvgIpc) is 2.84. The highest BCUT2D eigenvalue weighted by molar-refractivity contribution is 7.90. The van der Waals surface area contributed by atoms with Crippen LogP contribution in [0.15, 0.2) is 17.6 Å². The van der Waals surface area contributed by atoms with E-state index in [1.807, 2.05) is 24.7 Å². The average molecular weight is 297 g/mol. The fourth-order valence-corrected chi connectivity index (χ4v) is 4.60. The minimum atomic E-state index is -3.02. The van der Waals surface area contributed by atoms with Crippen LogP contribution in [0.4, 0.5) is 0 Å². The summed E-state index contributed by atoms with van der Waals surface area (Å²) in [6.07, 6.45) is 3.95. The van der Waals surface area contributed by atoms with E-state index in [4.69, 9.17) is 0 Å². The predicted molar refractivity (Wildman–Crippen MR) is 74.5 cm³/mol. The maximum Gasteiger partial charge on any atom is 0.156 e. The van der Waals surface area contributed by atoms with E-state index < -0.39 is 9.84 Å². The van der Waals surface area contributed by atoms with Crippen LogP contribution in [0.25, 0.3) is 10.7 Å². The number of hydrogen-bond acceptors (Lipinski definition) is 5. The summed E-state index contributed by atoms with van der Waals surface area (Å²) >= 11 is 1.44. The maximum absolute atomic E-state index is 11.9. The van der Waals surface area contributed by atoms with Crippen molar-refractivity contribution in [2.75, 3.05) is 5.75 Å². The van der Waals surface area contributed by atoms with Crippen molar-refractivity contribution in [1.82, 2.24) is 14.8 Å². The monoisotopic (exact) mass is 297 g/mol. The van der Waals surface area contributed by atoms with E-state index in [1.54, 1.807) is 4.68 Å². The minimum absolute atomic E-state index is 0.0484. The quantitative estimate of drug-likeness (QED) is 0.845. The molecular formula is C12H15N3O2S2. The summed E-state index contributed by atoms with van der Waals surface area (Å²) < 4.78 is 25.6. The minimum Gasteiger partial charge on any atom is -0.275 e. The number of sulfone groups is 1. The van der Waals surface area contributed by atoms with Crippen LogP contribution in [0, 0.1) is 5.92 Å². The molecule has 7 heteroatoms. The Morgan fingerprint density at radius 3 is 2.89 bits per heavy atom. The number of thiazole rings is 1. The van der Waals surface area contributed by atoms with E-state index in [1.165, 1.54) is 11.3 Å². The molecule has 102 valence electrons. The molecule has 2 heterocycles. The van der Waals surface area contributed by atoms with Gasteiger partial charge in [0.15, 0.2) is 9.84 Å². The Morgan fingerprint density at radius 2 is 2.26 bits per heavy atom. The van der Waals surface area contributed by atoms with Gasteiger partial charge in [0.1, 0.15) is 10.7 Å². The Bertz CT molecular complexity index is 683. The Morgan fingerprint density at radius 1 is 1.47 bits per heavy atom. The molecule has 1 aliphatic rings. The summed E-state index contributed by atoms with van der Waals surface area (Å²) in [5.41, 5.74) is 1.42. The molecule has 3 rings (SSSR count). The standard InChI is InChI=1S/C12H15N3O2S2/c1-15-5-4-11(14-15)12-13-10(6-18-12)8-19(16,17)7-9-2-3-9/h4-6,9H,2-3,7-8H2,1H3. The van der Waals surface area contributed by atoms with Crippen molar-refractivity contribution in [3.8, 4) is 10.7 Å². The van der Waals surface area contributed by atoms with Gasteiger partial charge in [0.2, 0.25) is 0 Å². The van der Waals surface area contributed by atoms with Crippen LogP contribution < -0.4 is 0 Å². The Labute approximate surface area is 116 Å². The molecular weight excluding hydrogens is 282 g/mol. The molecule has 0 atom stereocenters. The lowest BCUT2D eigenvalue weighted by Gasteiger charge is -1.99. The van der Waals surface area contributed by atoms with E-state index in [-0.39, 0.29) is 5.75 Å². The maximum atomic E-state index is 11.9. The van der Waals surface area contributed by atoms with E-state index >= 15 is 0 Å². The van der Waals surface area contributed by atoms with Gasteiger partial charge in [0.05, 0.1) is 17.2 Å². The molecule has 0 spiro atoms. The van der Waals surface area contributed by atoms with Crippen molar-refractivity contribution in [3.05, 3.63) is 23.3 Å². The summed E-state index contributed by atoms with van der Waals surface area (Å²) in [7, 11) is -1.17. The molecule has 1 fully saturated rings. The van der Waals surface area contributed by atoms with Crippen molar-refractivity contribution in [3.63, 3.8) is 0 Å². The van der Waals surface area contributed by atoms with Gasteiger partial charge >= 0.3 is 0 Å². The zero-order valence-corrected chi connectivity index (χ0v) is 12.2. The molecule has 0 saturated heterocycles. The molecule has 0 amide bonds. The lowest BCUT2D eigenvalue weighted by atomic mass is 10.4. The predicted octanol–water partition coefficient (Wildman–Crippen LogP) is 1.87. The van der Waals surface area contributed by atoms with Crippen molar-refractivity contribution >= 4 is 21.2 Å². The highest BCUT2D eigenvalue weighted by Gasteiger charge is 2.28. The first-order valence-corrected chi connectivity index (χ1v) is 8.87. The topological polar surface area (TPSA) is 64.8 Å². The van der Waals surface area contributed by atoms with Crippen molar-refractivity contribution in [2.24, 2.45) is 13.0 Å². The molecule has 0 aliphatic heterocycles.